The number of halogens is 4. The Hall–Kier alpha value is -4.76. The van der Waals surface area contributed by atoms with E-state index in [2.05, 4.69) is 21.7 Å². The molecular weight excluding hydrogens is 616 g/mol. The molecule has 1 amide bonds. The maximum absolute atomic E-state index is 13.9. The summed E-state index contributed by atoms with van der Waals surface area (Å²) < 4.78 is 57.1. The maximum atomic E-state index is 13.9. The Morgan fingerprint density at radius 3 is 2.43 bits per heavy atom. The van der Waals surface area contributed by atoms with Crippen LogP contribution in [-0.2, 0) is 30.5 Å². The summed E-state index contributed by atoms with van der Waals surface area (Å²) in [6, 6.07) is 19.5. The largest absolute Gasteiger partial charge is 0.416 e. The third kappa shape index (κ3) is 9.37. The summed E-state index contributed by atoms with van der Waals surface area (Å²) in [5.74, 6) is -0.772. The second kappa shape index (κ2) is 15.5. The highest BCUT2D eigenvalue weighted by Gasteiger charge is 2.34. The van der Waals surface area contributed by atoms with Crippen molar-refractivity contribution < 1.29 is 22.4 Å². The van der Waals surface area contributed by atoms with Gasteiger partial charge in [0.1, 0.15) is 5.82 Å². The third-order valence-electron chi connectivity index (χ3n) is 7.74. The Balaban J connectivity index is 1.54. The first-order valence-electron chi connectivity index (χ1n) is 14.7. The Kier molecular flexibility index (Phi) is 11.5. The summed E-state index contributed by atoms with van der Waals surface area (Å²) in [5.41, 5.74) is 1.89. The minimum absolute atomic E-state index is 0.0262. The number of aromatic nitrogens is 2. The van der Waals surface area contributed by atoms with E-state index in [1.807, 2.05) is 30.5 Å². The van der Waals surface area contributed by atoms with Crippen molar-refractivity contribution >= 4 is 28.9 Å². The quantitative estimate of drug-likeness (QED) is 0.128. The van der Waals surface area contributed by atoms with E-state index in [0.717, 1.165) is 11.6 Å². The Morgan fingerprint density at radius 1 is 1.09 bits per heavy atom. The Labute approximate surface area is 270 Å². The predicted octanol–water partition coefficient (Wildman–Crippen LogP) is 6.93. The highest BCUT2D eigenvalue weighted by Crippen LogP contribution is 2.32. The lowest BCUT2D eigenvalue weighted by atomic mass is 9.97. The first-order chi connectivity index (χ1) is 22.0. The van der Waals surface area contributed by atoms with E-state index in [-0.39, 0.29) is 42.0 Å². The molecule has 1 aromatic heterocycles. The molecule has 0 saturated heterocycles. The van der Waals surface area contributed by atoms with Crippen molar-refractivity contribution in [2.24, 2.45) is 5.92 Å². The zero-order valence-electron chi connectivity index (χ0n) is 25.4. The van der Waals surface area contributed by atoms with E-state index in [4.69, 9.17) is 17.5 Å². The summed E-state index contributed by atoms with van der Waals surface area (Å²) in [7, 11) is 0. The molecule has 0 spiro atoms. The van der Waals surface area contributed by atoms with E-state index in [1.54, 1.807) is 29.6 Å². The van der Waals surface area contributed by atoms with Crippen LogP contribution in [0.5, 0.6) is 0 Å². The Morgan fingerprint density at radius 2 is 1.78 bits per heavy atom. The van der Waals surface area contributed by atoms with Gasteiger partial charge in [-0.05, 0) is 71.7 Å². The number of alkyl halides is 3. The monoisotopic (exact) mass is 650 g/mol. The highest BCUT2D eigenvalue weighted by molar-refractivity contribution is 7.80. The van der Waals surface area contributed by atoms with Gasteiger partial charge in [0.2, 0.25) is 5.91 Å². The summed E-state index contributed by atoms with van der Waals surface area (Å²) >= 11 is 5.67. The van der Waals surface area contributed by atoms with Crippen LogP contribution in [0.1, 0.15) is 48.2 Å². The van der Waals surface area contributed by atoms with Gasteiger partial charge in [0, 0.05) is 43.3 Å². The first kappa shape index (κ1) is 34.1. The second-order valence-electron chi connectivity index (χ2n) is 11.0. The van der Waals surface area contributed by atoms with Crippen LogP contribution in [0.3, 0.4) is 0 Å². The fourth-order valence-electron chi connectivity index (χ4n) is 4.93. The van der Waals surface area contributed by atoms with Gasteiger partial charge in [-0.1, -0.05) is 50.6 Å². The van der Waals surface area contributed by atoms with Crippen LogP contribution in [0, 0.1) is 23.1 Å². The SMILES string of the molecule is CC[C@H](C)[C@@H](CN(Cc1ccccc1C(F)(F)F)C(=S)Nc1ccc(F)cc1)NC(=O)Cc1cncn1Cc1ccc(C#N)cc1. The lowest BCUT2D eigenvalue weighted by Gasteiger charge is -2.34. The van der Waals surface area contributed by atoms with Gasteiger partial charge in [0.15, 0.2) is 5.11 Å². The van der Waals surface area contributed by atoms with Gasteiger partial charge in [-0.15, -0.1) is 0 Å². The molecule has 46 heavy (non-hydrogen) atoms. The number of hydrogen-bond acceptors (Lipinski definition) is 4. The van der Waals surface area contributed by atoms with Crippen LogP contribution in [0.4, 0.5) is 23.2 Å². The maximum Gasteiger partial charge on any atom is 0.416 e. The van der Waals surface area contributed by atoms with Crippen LogP contribution < -0.4 is 10.6 Å². The average molecular weight is 651 g/mol. The molecule has 1 heterocycles. The Bertz CT molecular complexity index is 1660. The smallest absolute Gasteiger partial charge is 0.351 e. The molecule has 3 aromatic carbocycles. The fraction of sp³-hybridized carbons (Fsp3) is 0.294. The fourth-order valence-corrected chi connectivity index (χ4v) is 5.18. The molecule has 0 fully saturated rings. The molecular formula is C34H34F4N6OS. The number of carbonyl (C=O) groups is 1. The van der Waals surface area contributed by atoms with Crippen molar-refractivity contribution in [3.05, 3.63) is 119 Å². The number of benzene rings is 3. The number of carbonyl (C=O) groups excluding carboxylic acids is 1. The van der Waals surface area contributed by atoms with Crippen molar-refractivity contribution in [3.63, 3.8) is 0 Å². The van der Waals surface area contributed by atoms with Gasteiger partial charge in [0.25, 0.3) is 0 Å². The van der Waals surface area contributed by atoms with E-state index < -0.39 is 23.6 Å². The van der Waals surface area contributed by atoms with Crippen LogP contribution in [0.2, 0.25) is 0 Å². The summed E-state index contributed by atoms with van der Waals surface area (Å²) in [6.45, 7) is 4.32. The molecule has 0 unspecified atom stereocenters. The zero-order valence-corrected chi connectivity index (χ0v) is 26.2. The minimum Gasteiger partial charge on any atom is -0.351 e. The van der Waals surface area contributed by atoms with Crippen LogP contribution >= 0.6 is 12.2 Å². The number of anilines is 1. The second-order valence-corrected chi connectivity index (χ2v) is 11.4. The van der Waals surface area contributed by atoms with Crippen molar-refractivity contribution in [1.82, 2.24) is 19.8 Å². The number of imidazole rings is 1. The van der Waals surface area contributed by atoms with Crippen molar-refractivity contribution in [1.29, 1.82) is 5.26 Å². The van der Waals surface area contributed by atoms with E-state index in [0.29, 0.717) is 29.9 Å². The number of rotatable bonds is 12. The zero-order chi connectivity index (χ0) is 33.3. The van der Waals surface area contributed by atoms with Crippen molar-refractivity contribution in [3.8, 4) is 6.07 Å². The number of thiocarbonyl (C=S) groups is 1. The molecule has 2 N–H and O–H groups in total. The highest BCUT2D eigenvalue weighted by atomic mass is 32.1. The number of hydrogen-bond donors (Lipinski definition) is 2. The van der Waals surface area contributed by atoms with Gasteiger partial charge >= 0.3 is 6.18 Å². The molecule has 0 saturated carbocycles. The van der Waals surface area contributed by atoms with E-state index in [1.165, 1.54) is 42.5 Å². The lowest BCUT2D eigenvalue weighted by Crippen LogP contribution is -2.50. The summed E-state index contributed by atoms with van der Waals surface area (Å²) in [5, 5.41) is 15.3. The van der Waals surface area contributed by atoms with Crippen molar-refractivity contribution in [2.45, 2.75) is 52.0 Å². The van der Waals surface area contributed by atoms with Gasteiger partial charge in [-0.2, -0.15) is 18.4 Å². The molecule has 0 aliphatic carbocycles. The molecule has 240 valence electrons. The van der Waals surface area contributed by atoms with Crippen LogP contribution in [-0.4, -0.2) is 38.1 Å². The molecule has 0 aliphatic heterocycles. The van der Waals surface area contributed by atoms with E-state index in [9.17, 15) is 22.4 Å². The first-order valence-corrected chi connectivity index (χ1v) is 15.1. The van der Waals surface area contributed by atoms with Crippen molar-refractivity contribution in [2.75, 3.05) is 11.9 Å². The standard InChI is InChI=1S/C34H34F4N6OS/c1-3-23(2)31(42-32(45)16-29-18-40-22-44(29)19-25-10-8-24(17-39)9-11-25)21-43(33(46)41-28-14-12-27(35)13-15-28)20-26-6-4-5-7-30(26)34(36,37)38/h4-15,18,22-23,31H,3,16,19-21H2,1-2H3,(H,41,46)(H,42,45)/t23-,31+/m0/s1. The number of nitrogens with zero attached hydrogens (tertiary/aromatic N) is 4. The average Bonchev–Trinajstić information content (AvgIpc) is 3.46. The van der Waals surface area contributed by atoms with Crippen LogP contribution in [0.15, 0.2) is 85.3 Å². The minimum atomic E-state index is -4.57. The molecule has 0 aliphatic rings. The molecule has 0 radical (unpaired) electrons. The lowest BCUT2D eigenvalue weighted by molar-refractivity contribution is -0.138. The normalized spacial score (nSPS) is 12.5. The summed E-state index contributed by atoms with van der Waals surface area (Å²) in [4.78, 5) is 19.2. The van der Waals surface area contributed by atoms with Crippen LogP contribution in [0.25, 0.3) is 0 Å². The van der Waals surface area contributed by atoms with Gasteiger partial charge in [0.05, 0.1) is 29.9 Å². The third-order valence-corrected chi connectivity index (χ3v) is 8.10. The topological polar surface area (TPSA) is 86.0 Å². The molecule has 7 nitrogen and oxygen atoms in total. The van der Waals surface area contributed by atoms with Gasteiger partial charge < -0.3 is 20.1 Å². The molecule has 4 rings (SSSR count). The summed E-state index contributed by atoms with van der Waals surface area (Å²) in [6.07, 6.45) is -0.611. The number of nitriles is 1. The molecule has 0 bridgehead atoms. The van der Waals surface area contributed by atoms with Gasteiger partial charge in [-0.3, -0.25) is 4.79 Å². The number of nitrogens with one attached hydrogen (secondary N) is 2. The molecule has 2 atom stereocenters. The molecule has 4 aromatic rings. The van der Waals surface area contributed by atoms with Gasteiger partial charge in [-0.25, -0.2) is 9.37 Å². The molecule has 12 heteroatoms. The van der Waals surface area contributed by atoms with E-state index >= 15 is 0 Å². The number of amides is 1. The predicted molar refractivity (Wildman–Crippen MR) is 172 cm³/mol.